The van der Waals surface area contributed by atoms with Gasteiger partial charge in [-0.2, -0.15) is 0 Å². The van der Waals surface area contributed by atoms with E-state index in [1.807, 2.05) is 24.0 Å². The lowest BCUT2D eigenvalue weighted by Crippen LogP contribution is -2.02. The largest absolute Gasteiger partial charge is 0.333 e. The van der Waals surface area contributed by atoms with Crippen LogP contribution in [0.25, 0.3) is 16.5 Å². The fourth-order valence-electron chi connectivity index (χ4n) is 1.87. The maximum atomic E-state index is 5.55. The van der Waals surface area contributed by atoms with Crippen LogP contribution in [0.1, 0.15) is 5.69 Å². The smallest absolute Gasteiger partial charge is 0.194 e. The second-order valence-electron chi connectivity index (χ2n) is 3.91. The van der Waals surface area contributed by atoms with Gasteiger partial charge in [0.15, 0.2) is 10.8 Å². The van der Waals surface area contributed by atoms with E-state index in [1.54, 1.807) is 17.5 Å². The molecule has 0 saturated carbocycles. The van der Waals surface area contributed by atoms with Crippen molar-refractivity contribution in [2.75, 3.05) is 6.54 Å². The van der Waals surface area contributed by atoms with E-state index in [0.29, 0.717) is 6.54 Å². The molecule has 3 rings (SSSR count). The third kappa shape index (κ3) is 1.65. The van der Waals surface area contributed by atoms with Crippen molar-refractivity contribution in [2.24, 2.45) is 12.8 Å². The van der Waals surface area contributed by atoms with Gasteiger partial charge in [-0.05, 0) is 6.54 Å². The number of hydrogen-bond acceptors (Lipinski definition) is 4. The van der Waals surface area contributed by atoms with Crippen LogP contribution in [0.15, 0.2) is 24.0 Å². The van der Waals surface area contributed by atoms with E-state index in [0.717, 1.165) is 28.6 Å². The Kier molecular flexibility index (Phi) is 2.45. The molecular formula is C11H13N5S. The normalized spacial score (nSPS) is 11.4. The van der Waals surface area contributed by atoms with E-state index in [4.69, 9.17) is 5.73 Å². The van der Waals surface area contributed by atoms with Crippen molar-refractivity contribution < 1.29 is 0 Å². The Bertz CT molecular complexity index is 648. The minimum atomic E-state index is 0.628. The molecule has 3 aromatic rings. The highest BCUT2D eigenvalue weighted by atomic mass is 32.1. The predicted octanol–water partition coefficient (Wildman–Crippen LogP) is 1.30. The number of hydrogen-bond donors (Lipinski definition) is 1. The Morgan fingerprint density at radius 1 is 1.47 bits per heavy atom. The molecule has 0 fully saturated rings. The summed E-state index contributed by atoms with van der Waals surface area (Å²) in [5, 5.41) is 2.08. The van der Waals surface area contributed by atoms with E-state index >= 15 is 0 Å². The van der Waals surface area contributed by atoms with Crippen molar-refractivity contribution in [3.05, 3.63) is 29.7 Å². The monoisotopic (exact) mass is 247 g/mol. The minimum absolute atomic E-state index is 0.628. The summed E-state index contributed by atoms with van der Waals surface area (Å²) in [7, 11) is 1.99. The first-order valence-corrected chi connectivity index (χ1v) is 6.31. The highest BCUT2D eigenvalue weighted by molar-refractivity contribution is 7.15. The molecule has 0 amide bonds. The molecule has 0 bridgehead atoms. The molecule has 17 heavy (non-hydrogen) atoms. The van der Waals surface area contributed by atoms with Crippen LogP contribution in [0.4, 0.5) is 0 Å². The zero-order valence-corrected chi connectivity index (χ0v) is 10.3. The molecular weight excluding hydrogens is 234 g/mol. The van der Waals surface area contributed by atoms with Gasteiger partial charge in [-0.15, -0.1) is 11.3 Å². The molecule has 0 aliphatic carbocycles. The number of fused-ring (bicyclic) bond motifs is 1. The van der Waals surface area contributed by atoms with Crippen molar-refractivity contribution in [1.29, 1.82) is 0 Å². The number of thiazole rings is 1. The minimum Gasteiger partial charge on any atom is -0.333 e. The first-order chi connectivity index (χ1) is 8.29. The third-order valence-corrected chi connectivity index (χ3v) is 3.55. The van der Waals surface area contributed by atoms with Gasteiger partial charge in [-0.1, -0.05) is 0 Å². The summed E-state index contributed by atoms with van der Waals surface area (Å²) in [6.07, 6.45) is 6.60. The molecule has 0 saturated heterocycles. The maximum Gasteiger partial charge on any atom is 0.194 e. The molecule has 6 heteroatoms. The third-order valence-electron chi connectivity index (χ3n) is 2.71. The molecule has 3 aromatic heterocycles. The van der Waals surface area contributed by atoms with Gasteiger partial charge < -0.3 is 10.3 Å². The number of nitrogens with zero attached hydrogens (tertiary/aromatic N) is 4. The van der Waals surface area contributed by atoms with Gasteiger partial charge in [0.1, 0.15) is 5.69 Å². The van der Waals surface area contributed by atoms with Crippen molar-refractivity contribution in [2.45, 2.75) is 6.42 Å². The van der Waals surface area contributed by atoms with Gasteiger partial charge in [0, 0.05) is 37.4 Å². The van der Waals surface area contributed by atoms with Crippen LogP contribution in [-0.4, -0.2) is 25.5 Å². The van der Waals surface area contributed by atoms with E-state index in [1.165, 1.54) is 0 Å². The number of rotatable bonds is 3. The Balaban J connectivity index is 2.14. The van der Waals surface area contributed by atoms with Gasteiger partial charge in [-0.25, -0.2) is 9.97 Å². The van der Waals surface area contributed by atoms with E-state index in [-0.39, 0.29) is 0 Å². The zero-order chi connectivity index (χ0) is 11.8. The Hall–Kier alpha value is -1.66. The van der Waals surface area contributed by atoms with Crippen molar-refractivity contribution in [1.82, 2.24) is 18.9 Å². The highest BCUT2D eigenvalue weighted by Crippen LogP contribution is 2.24. The van der Waals surface area contributed by atoms with Crippen LogP contribution in [0, 0.1) is 0 Å². The summed E-state index contributed by atoms with van der Waals surface area (Å²) in [5.41, 5.74) is 7.66. The van der Waals surface area contributed by atoms with Gasteiger partial charge >= 0.3 is 0 Å². The lowest BCUT2D eigenvalue weighted by Gasteiger charge is -1.99. The molecule has 0 aliphatic heterocycles. The lowest BCUT2D eigenvalue weighted by molar-refractivity contribution is 0.913. The zero-order valence-electron chi connectivity index (χ0n) is 9.50. The molecule has 0 atom stereocenters. The van der Waals surface area contributed by atoms with E-state index in [2.05, 4.69) is 19.7 Å². The average molecular weight is 247 g/mol. The fourth-order valence-corrected chi connectivity index (χ4v) is 2.74. The van der Waals surface area contributed by atoms with Crippen LogP contribution in [-0.2, 0) is 13.5 Å². The van der Waals surface area contributed by atoms with Crippen molar-refractivity contribution in [3.63, 3.8) is 0 Å². The van der Waals surface area contributed by atoms with Gasteiger partial charge in [0.25, 0.3) is 0 Å². The van der Waals surface area contributed by atoms with E-state index < -0.39 is 0 Å². The van der Waals surface area contributed by atoms with Gasteiger partial charge in [0.05, 0.1) is 5.69 Å². The van der Waals surface area contributed by atoms with Crippen LogP contribution >= 0.6 is 11.3 Å². The highest BCUT2D eigenvalue weighted by Gasteiger charge is 2.12. The molecule has 0 aromatic carbocycles. The summed E-state index contributed by atoms with van der Waals surface area (Å²) < 4.78 is 4.09. The SMILES string of the molecule is Cn1ccnc1-c1csc2nc(CCN)cn12. The second-order valence-corrected chi connectivity index (χ2v) is 4.74. The second kappa shape index (κ2) is 3.97. The summed E-state index contributed by atoms with van der Waals surface area (Å²) in [4.78, 5) is 9.88. The molecule has 0 radical (unpaired) electrons. The molecule has 3 heterocycles. The van der Waals surface area contributed by atoms with Gasteiger partial charge in [0.2, 0.25) is 0 Å². The number of aromatic nitrogens is 4. The summed E-state index contributed by atoms with van der Waals surface area (Å²) >= 11 is 1.63. The van der Waals surface area contributed by atoms with Crippen molar-refractivity contribution >= 4 is 16.3 Å². The summed E-state index contributed by atoms with van der Waals surface area (Å²) in [6.45, 7) is 0.628. The Labute approximate surface area is 103 Å². The standard InChI is InChI=1S/C11H13N5S/c1-15-5-4-13-10(15)9-7-17-11-14-8(2-3-12)6-16(9)11/h4-7H,2-3,12H2,1H3. The Morgan fingerprint density at radius 2 is 2.35 bits per heavy atom. The molecule has 5 nitrogen and oxygen atoms in total. The average Bonchev–Trinajstić information content (AvgIpc) is 2.94. The molecule has 0 unspecified atom stereocenters. The number of aryl methyl sites for hydroxylation is 1. The fraction of sp³-hybridized carbons (Fsp3) is 0.273. The van der Waals surface area contributed by atoms with Crippen LogP contribution < -0.4 is 5.73 Å². The molecule has 2 N–H and O–H groups in total. The number of nitrogens with two attached hydrogens (primary N) is 1. The van der Waals surface area contributed by atoms with Crippen molar-refractivity contribution in [3.8, 4) is 11.5 Å². The topological polar surface area (TPSA) is 61.1 Å². The van der Waals surface area contributed by atoms with E-state index in [9.17, 15) is 0 Å². The van der Waals surface area contributed by atoms with Gasteiger partial charge in [-0.3, -0.25) is 4.40 Å². The first-order valence-electron chi connectivity index (χ1n) is 5.43. The quantitative estimate of drug-likeness (QED) is 0.759. The maximum absolute atomic E-state index is 5.55. The number of imidazole rings is 2. The molecule has 0 aliphatic rings. The lowest BCUT2D eigenvalue weighted by atomic mass is 10.3. The Morgan fingerprint density at radius 3 is 3.06 bits per heavy atom. The van der Waals surface area contributed by atoms with Crippen LogP contribution in [0.5, 0.6) is 0 Å². The first kappa shape index (κ1) is 10.5. The molecule has 88 valence electrons. The van der Waals surface area contributed by atoms with Crippen LogP contribution in [0.3, 0.4) is 0 Å². The summed E-state index contributed by atoms with van der Waals surface area (Å²) in [6, 6.07) is 0. The summed E-state index contributed by atoms with van der Waals surface area (Å²) in [5.74, 6) is 0.952. The molecule has 0 spiro atoms. The predicted molar refractivity (Wildman–Crippen MR) is 68.0 cm³/mol. The van der Waals surface area contributed by atoms with Crippen LogP contribution in [0.2, 0.25) is 0 Å².